The lowest BCUT2D eigenvalue weighted by atomic mass is 10.0. The molecule has 0 radical (unpaired) electrons. The maximum absolute atomic E-state index is 12.8. The molecule has 0 aliphatic rings. The van der Waals surface area contributed by atoms with Crippen LogP contribution in [0.15, 0.2) is 48.6 Å². The summed E-state index contributed by atoms with van der Waals surface area (Å²) in [5, 5.41) is 13.7. The fourth-order valence-corrected chi connectivity index (χ4v) is 7.09. The molecule has 0 saturated carbocycles. The van der Waals surface area contributed by atoms with Gasteiger partial charge in [-0.05, 0) is 44.9 Å². The van der Waals surface area contributed by atoms with E-state index in [9.17, 15) is 19.4 Å². The minimum Gasteiger partial charge on any atom is -0.756 e. The van der Waals surface area contributed by atoms with Crippen LogP contribution < -0.4 is 10.2 Å². The molecule has 3 atom stereocenters. The number of hydrogen-bond acceptors (Lipinski definition) is 6. The zero-order chi connectivity index (χ0) is 41.4. The van der Waals surface area contributed by atoms with Crippen molar-refractivity contribution in [3.05, 3.63) is 48.6 Å². The van der Waals surface area contributed by atoms with E-state index in [1.807, 2.05) is 33.3 Å². The molecule has 0 saturated heterocycles. The fraction of sp³-hybridized carbons (Fsp3) is 0.809. The Balaban J connectivity index is 4.48. The van der Waals surface area contributed by atoms with Crippen LogP contribution >= 0.6 is 7.82 Å². The molecule has 0 aromatic carbocycles. The first kappa shape index (κ1) is 54.5. The molecule has 8 nitrogen and oxygen atoms in total. The number of phosphoric acid groups is 1. The lowest BCUT2D eigenvalue weighted by Gasteiger charge is -2.29. The molecule has 1 unspecified atom stereocenters. The third-order valence-corrected chi connectivity index (χ3v) is 11.0. The predicted octanol–water partition coefficient (Wildman–Crippen LogP) is 12.2. The molecule has 0 aliphatic carbocycles. The number of carbonyl (C=O) groups is 1. The zero-order valence-corrected chi connectivity index (χ0v) is 38.0. The number of phosphoric ester groups is 1. The van der Waals surface area contributed by atoms with E-state index < -0.39 is 26.6 Å². The number of allylic oxidation sites excluding steroid dienone is 6. The summed E-state index contributed by atoms with van der Waals surface area (Å²) < 4.78 is 23.1. The summed E-state index contributed by atoms with van der Waals surface area (Å²) in [4.78, 5) is 25.2. The van der Waals surface area contributed by atoms with E-state index in [1.54, 1.807) is 6.08 Å². The average Bonchev–Trinajstić information content (AvgIpc) is 3.15. The summed E-state index contributed by atoms with van der Waals surface area (Å²) >= 11 is 0. The number of quaternary nitrogens is 1. The molecule has 1 amide bonds. The number of rotatable bonds is 41. The van der Waals surface area contributed by atoms with Gasteiger partial charge in [0.15, 0.2) is 0 Å². The summed E-state index contributed by atoms with van der Waals surface area (Å²) in [6, 6.07) is -0.899. The van der Waals surface area contributed by atoms with E-state index in [0.29, 0.717) is 11.0 Å². The minimum atomic E-state index is -4.60. The van der Waals surface area contributed by atoms with Crippen molar-refractivity contribution in [1.29, 1.82) is 0 Å². The number of carbonyl (C=O) groups excluding carboxylic acids is 1. The fourth-order valence-electron chi connectivity index (χ4n) is 6.37. The Kier molecular flexibility index (Phi) is 37.9. The highest BCUT2D eigenvalue weighted by molar-refractivity contribution is 7.45. The number of nitrogens with zero attached hydrogens (tertiary/aromatic N) is 1. The highest BCUT2D eigenvalue weighted by Gasteiger charge is 2.23. The molecule has 9 heteroatoms. The number of likely N-dealkylation sites (N-methyl/N-ethyl adjacent to an activating group) is 1. The van der Waals surface area contributed by atoms with Gasteiger partial charge in [-0.3, -0.25) is 9.36 Å². The maximum Gasteiger partial charge on any atom is 0.268 e. The number of aliphatic hydroxyl groups excluding tert-OH is 1. The molecule has 0 bridgehead atoms. The van der Waals surface area contributed by atoms with Crippen molar-refractivity contribution in [2.45, 2.75) is 206 Å². The van der Waals surface area contributed by atoms with E-state index in [2.05, 4.69) is 49.5 Å². The van der Waals surface area contributed by atoms with Crippen LogP contribution in [0.2, 0.25) is 0 Å². The quantitative estimate of drug-likeness (QED) is 0.0276. The number of nitrogens with one attached hydrogen (secondary N) is 1. The molecule has 0 aliphatic heterocycles. The number of unbranched alkanes of at least 4 members (excludes halogenated alkanes) is 22. The van der Waals surface area contributed by atoms with Gasteiger partial charge in [0.1, 0.15) is 13.2 Å². The molecule has 328 valence electrons. The first-order chi connectivity index (χ1) is 27.0. The van der Waals surface area contributed by atoms with Gasteiger partial charge < -0.3 is 28.8 Å². The number of aliphatic hydroxyl groups is 1. The van der Waals surface area contributed by atoms with Crippen molar-refractivity contribution in [3.8, 4) is 0 Å². The second-order valence-corrected chi connectivity index (χ2v) is 18.2. The van der Waals surface area contributed by atoms with Gasteiger partial charge in [-0.15, -0.1) is 0 Å². The Bertz CT molecular complexity index is 1050. The van der Waals surface area contributed by atoms with Gasteiger partial charge in [0.25, 0.3) is 7.82 Å². The normalized spacial score (nSPS) is 14.8. The Morgan fingerprint density at radius 2 is 1.04 bits per heavy atom. The van der Waals surface area contributed by atoms with Crippen LogP contribution in [-0.2, 0) is 18.4 Å². The highest BCUT2D eigenvalue weighted by atomic mass is 31.2. The molecule has 2 N–H and O–H groups in total. The van der Waals surface area contributed by atoms with E-state index >= 15 is 0 Å². The van der Waals surface area contributed by atoms with Gasteiger partial charge in [-0.25, -0.2) is 0 Å². The summed E-state index contributed by atoms with van der Waals surface area (Å²) in [6.45, 7) is 4.60. The van der Waals surface area contributed by atoms with Crippen LogP contribution in [0.4, 0.5) is 0 Å². The molecular weight excluding hydrogens is 719 g/mol. The Morgan fingerprint density at radius 3 is 1.50 bits per heavy atom. The molecule has 56 heavy (non-hydrogen) atoms. The second-order valence-electron chi connectivity index (χ2n) is 16.8. The third kappa shape index (κ3) is 40.6. The van der Waals surface area contributed by atoms with Crippen LogP contribution in [0.3, 0.4) is 0 Å². The lowest BCUT2D eigenvalue weighted by Crippen LogP contribution is -2.46. The highest BCUT2D eigenvalue weighted by Crippen LogP contribution is 2.38. The van der Waals surface area contributed by atoms with Crippen LogP contribution in [0, 0.1) is 0 Å². The van der Waals surface area contributed by atoms with Gasteiger partial charge in [0, 0.05) is 6.42 Å². The van der Waals surface area contributed by atoms with E-state index in [-0.39, 0.29) is 25.4 Å². The molecule has 0 aromatic rings. The van der Waals surface area contributed by atoms with Crippen molar-refractivity contribution in [2.24, 2.45) is 0 Å². The minimum absolute atomic E-state index is 0.0133. The molecular formula is C47H89N2O6P. The summed E-state index contributed by atoms with van der Waals surface area (Å²) in [7, 11) is 1.22. The van der Waals surface area contributed by atoms with Gasteiger partial charge in [0.05, 0.1) is 39.9 Å². The molecule has 0 aromatic heterocycles. The van der Waals surface area contributed by atoms with E-state index in [1.165, 1.54) is 135 Å². The van der Waals surface area contributed by atoms with Crippen molar-refractivity contribution in [1.82, 2.24) is 5.32 Å². The number of hydrogen-bond donors (Lipinski definition) is 2. The Morgan fingerprint density at radius 1 is 0.625 bits per heavy atom. The largest absolute Gasteiger partial charge is 0.756 e. The van der Waals surface area contributed by atoms with E-state index in [4.69, 9.17) is 9.05 Å². The SMILES string of the molecule is CCCCCCCCCCCCC=CC[C@@H](O)[C@H](COP(=O)([O-])OCC[N+](C)(C)C)NC(=O)CC=CCC=CCC=CCCCCCCCCCCCCCC. The third-order valence-electron chi connectivity index (χ3n) is 10.1. The van der Waals surface area contributed by atoms with Crippen molar-refractivity contribution >= 4 is 13.7 Å². The first-order valence-corrected chi connectivity index (χ1v) is 24.4. The smallest absolute Gasteiger partial charge is 0.268 e. The Hall–Kier alpha value is -1.54. The predicted molar refractivity (Wildman–Crippen MR) is 238 cm³/mol. The molecule has 0 spiro atoms. The van der Waals surface area contributed by atoms with Gasteiger partial charge in [-0.1, -0.05) is 191 Å². The van der Waals surface area contributed by atoms with Gasteiger partial charge in [-0.2, -0.15) is 0 Å². The maximum atomic E-state index is 12.8. The zero-order valence-electron chi connectivity index (χ0n) is 37.1. The van der Waals surface area contributed by atoms with Gasteiger partial charge >= 0.3 is 0 Å². The van der Waals surface area contributed by atoms with Crippen molar-refractivity contribution in [2.75, 3.05) is 40.9 Å². The monoisotopic (exact) mass is 809 g/mol. The molecule has 0 heterocycles. The second kappa shape index (κ2) is 38.9. The van der Waals surface area contributed by atoms with Crippen LogP contribution in [0.5, 0.6) is 0 Å². The lowest BCUT2D eigenvalue weighted by molar-refractivity contribution is -0.870. The summed E-state index contributed by atoms with van der Waals surface area (Å²) in [5.74, 6) is -0.306. The Labute approximate surface area is 346 Å². The summed E-state index contributed by atoms with van der Waals surface area (Å²) in [5.41, 5.74) is 0. The van der Waals surface area contributed by atoms with E-state index in [0.717, 1.165) is 32.1 Å². The molecule has 0 fully saturated rings. The van der Waals surface area contributed by atoms with Crippen LogP contribution in [-0.4, -0.2) is 68.5 Å². The standard InChI is InChI=1S/C47H89N2O6P/c1-6-8-10-12-14-16-18-20-21-22-23-24-25-26-27-29-31-33-35-37-39-41-47(51)48-45(44-55-56(52,53)54-43-42-49(3,4)5)46(50)40-38-36-34-32-30-28-19-17-15-13-11-9-7-2/h26-27,31,33,36-39,45-46,50H,6-25,28-30,32,34-35,40-44H2,1-5H3,(H-,48,51,52,53)/t45-,46+/m0/s1. The van der Waals surface area contributed by atoms with Crippen molar-refractivity contribution < 1.29 is 32.9 Å². The van der Waals surface area contributed by atoms with Crippen molar-refractivity contribution in [3.63, 3.8) is 0 Å². The number of amides is 1. The van der Waals surface area contributed by atoms with Gasteiger partial charge in [0.2, 0.25) is 5.91 Å². The van der Waals surface area contributed by atoms with Crippen LogP contribution in [0.25, 0.3) is 0 Å². The van der Waals surface area contributed by atoms with Crippen LogP contribution in [0.1, 0.15) is 194 Å². The first-order valence-electron chi connectivity index (χ1n) is 23.0. The molecule has 0 rings (SSSR count). The average molecular weight is 809 g/mol. The topological polar surface area (TPSA) is 108 Å². The summed E-state index contributed by atoms with van der Waals surface area (Å²) in [6.07, 6.45) is 48.9.